The molecular formula is C12H15ClN4O3. The second-order valence-corrected chi connectivity index (χ2v) is 4.68. The lowest BCUT2D eigenvalue weighted by Crippen LogP contribution is -2.26. The van der Waals surface area contributed by atoms with E-state index in [1.165, 1.54) is 6.20 Å². The number of oxazole rings is 1. The van der Waals surface area contributed by atoms with Crippen LogP contribution in [0.25, 0.3) is 0 Å². The van der Waals surface area contributed by atoms with Gasteiger partial charge in [-0.3, -0.25) is 4.79 Å². The molecule has 0 radical (unpaired) electrons. The van der Waals surface area contributed by atoms with Crippen molar-refractivity contribution in [2.45, 2.75) is 26.4 Å². The van der Waals surface area contributed by atoms with E-state index in [1.807, 2.05) is 6.92 Å². The Morgan fingerprint density at radius 2 is 2.30 bits per heavy atom. The van der Waals surface area contributed by atoms with Gasteiger partial charge in [0, 0.05) is 0 Å². The summed E-state index contributed by atoms with van der Waals surface area (Å²) in [6, 6.07) is -0.254. The Morgan fingerprint density at radius 1 is 1.55 bits per heavy atom. The first-order chi connectivity index (χ1) is 9.52. The zero-order valence-electron chi connectivity index (χ0n) is 11.1. The summed E-state index contributed by atoms with van der Waals surface area (Å²) in [6.07, 6.45) is 3.05. The van der Waals surface area contributed by atoms with Gasteiger partial charge in [0.15, 0.2) is 0 Å². The minimum Gasteiger partial charge on any atom is -0.444 e. The summed E-state index contributed by atoms with van der Waals surface area (Å²) in [5.74, 6) is 1.20. The highest BCUT2D eigenvalue weighted by Gasteiger charge is 2.15. The number of aromatic nitrogens is 3. The van der Waals surface area contributed by atoms with Crippen molar-refractivity contribution in [3.63, 3.8) is 0 Å². The molecule has 0 amide bonds. The van der Waals surface area contributed by atoms with Crippen LogP contribution in [0.15, 0.2) is 21.6 Å². The molecule has 0 saturated carbocycles. The molecule has 0 aliphatic heterocycles. The standard InChI is InChI=1S/C12H15ClN4O3/c1-7-5-14-11(20-7)8(2)16-9-6-15-17(3-4-18)12(19)10(9)13/h5-6,8,16,18H,3-4H2,1-2H3. The Labute approximate surface area is 120 Å². The molecular weight excluding hydrogens is 284 g/mol. The fraction of sp³-hybridized carbons (Fsp3) is 0.417. The van der Waals surface area contributed by atoms with Crippen molar-refractivity contribution in [1.29, 1.82) is 0 Å². The van der Waals surface area contributed by atoms with Gasteiger partial charge in [0.1, 0.15) is 16.8 Å². The summed E-state index contributed by atoms with van der Waals surface area (Å²) < 4.78 is 6.50. The molecule has 1 unspecified atom stereocenters. The van der Waals surface area contributed by atoms with Crippen LogP contribution >= 0.6 is 11.6 Å². The normalized spacial score (nSPS) is 12.4. The smallest absolute Gasteiger partial charge is 0.287 e. The topological polar surface area (TPSA) is 93.2 Å². The first kappa shape index (κ1) is 14.5. The van der Waals surface area contributed by atoms with Gasteiger partial charge in [-0.05, 0) is 13.8 Å². The maximum atomic E-state index is 11.9. The van der Waals surface area contributed by atoms with Gasteiger partial charge in [-0.25, -0.2) is 9.67 Å². The number of aryl methyl sites for hydroxylation is 1. The van der Waals surface area contributed by atoms with E-state index in [9.17, 15) is 4.79 Å². The highest BCUT2D eigenvalue weighted by molar-refractivity contribution is 6.32. The number of hydrogen-bond acceptors (Lipinski definition) is 6. The van der Waals surface area contributed by atoms with Crippen molar-refractivity contribution in [2.24, 2.45) is 0 Å². The lowest BCUT2D eigenvalue weighted by Gasteiger charge is -2.13. The molecule has 2 N–H and O–H groups in total. The predicted molar refractivity (Wildman–Crippen MR) is 73.9 cm³/mol. The summed E-state index contributed by atoms with van der Waals surface area (Å²) in [5, 5.41) is 15.8. The first-order valence-electron chi connectivity index (χ1n) is 6.08. The van der Waals surface area contributed by atoms with E-state index >= 15 is 0 Å². The third-order valence-corrected chi connectivity index (χ3v) is 3.04. The fourth-order valence-electron chi connectivity index (χ4n) is 1.69. The Bertz CT molecular complexity index is 652. The van der Waals surface area contributed by atoms with Crippen LogP contribution in [0.4, 0.5) is 5.69 Å². The molecule has 2 heterocycles. The summed E-state index contributed by atoms with van der Waals surface area (Å²) in [7, 11) is 0. The van der Waals surface area contributed by atoms with Gasteiger partial charge in [0.2, 0.25) is 5.89 Å². The van der Waals surface area contributed by atoms with Crippen molar-refractivity contribution in [3.05, 3.63) is 39.4 Å². The van der Waals surface area contributed by atoms with Crippen LogP contribution in [-0.2, 0) is 6.54 Å². The van der Waals surface area contributed by atoms with Gasteiger partial charge in [0.05, 0.1) is 31.2 Å². The summed E-state index contributed by atoms with van der Waals surface area (Å²) in [6.45, 7) is 3.56. The van der Waals surface area contributed by atoms with Crippen LogP contribution in [0.5, 0.6) is 0 Å². The number of anilines is 1. The van der Waals surface area contributed by atoms with Crippen LogP contribution in [0.1, 0.15) is 24.6 Å². The molecule has 0 aliphatic carbocycles. The Kier molecular flexibility index (Phi) is 4.41. The summed E-state index contributed by atoms with van der Waals surface area (Å²) >= 11 is 6.00. The molecule has 2 aromatic heterocycles. The summed E-state index contributed by atoms with van der Waals surface area (Å²) in [5.41, 5.74) is -0.0595. The van der Waals surface area contributed by atoms with Crippen molar-refractivity contribution >= 4 is 17.3 Å². The number of halogens is 1. The lowest BCUT2D eigenvalue weighted by atomic mass is 10.3. The molecule has 0 fully saturated rings. The van der Waals surface area contributed by atoms with Gasteiger partial charge in [-0.2, -0.15) is 5.10 Å². The molecule has 7 nitrogen and oxygen atoms in total. The van der Waals surface area contributed by atoms with E-state index in [1.54, 1.807) is 13.1 Å². The minimum absolute atomic E-state index is 0.0172. The molecule has 108 valence electrons. The average molecular weight is 299 g/mol. The van der Waals surface area contributed by atoms with Gasteiger partial charge in [0.25, 0.3) is 5.56 Å². The van der Waals surface area contributed by atoms with E-state index in [0.29, 0.717) is 17.3 Å². The molecule has 2 aromatic rings. The Morgan fingerprint density at radius 3 is 2.90 bits per heavy atom. The first-order valence-corrected chi connectivity index (χ1v) is 6.46. The number of nitrogens with one attached hydrogen (secondary N) is 1. The second kappa shape index (κ2) is 6.06. The second-order valence-electron chi connectivity index (χ2n) is 4.30. The van der Waals surface area contributed by atoms with Crippen LogP contribution in [0.3, 0.4) is 0 Å². The predicted octanol–water partition coefficient (Wildman–Crippen LogP) is 1.36. The molecule has 20 heavy (non-hydrogen) atoms. The molecule has 0 spiro atoms. The zero-order valence-corrected chi connectivity index (χ0v) is 11.9. The van der Waals surface area contributed by atoms with E-state index in [2.05, 4.69) is 15.4 Å². The van der Waals surface area contributed by atoms with Gasteiger partial charge < -0.3 is 14.8 Å². The van der Waals surface area contributed by atoms with Crippen molar-refractivity contribution in [2.75, 3.05) is 11.9 Å². The molecule has 8 heteroatoms. The zero-order chi connectivity index (χ0) is 14.7. The lowest BCUT2D eigenvalue weighted by molar-refractivity contribution is 0.266. The highest BCUT2D eigenvalue weighted by Crippen LogP contribution is 2.22. The van der Waals surface area contributed by atoms with Crippen LogP contribution in [0, 0.1) is 6.92 Å². The number of aliphatic hydroxyl groups excluding tert-OH is 1. The molecule has 0 bridgehead atoms. The van der Waals surface area contributed by atoms with Gasteiger partial charge in [-0.1, -0.05) is 11.6 Å². The number of nitrogens with zero attached hydrogens (tertiary/aromatic N) is 3. The van der Waals surface area contributed by atoms with Gasteiger partial charge in [-0.15, -0.1) is 0 Å². The van der Waals surface area contributed by atoms with Crippen molar-refractivity contribution in [1.82, 2.24) is 14.8 Å². The molecule has 0 saturated heterocycles. The Hall–Kier alpha value is -1.86. The van der Waals surface area contributed by atoms with E-state index in [-0.39, 0.29) is 24.2 Å². The number of hydrogen-bond donors (Lipinski definition) is 2. The monoisotopic (exact) mass is 298 g/mol. The Balaban J connectivity index is 2.22. The van der Waals surface area contributed by atoms with E-state index in [4.69, 9.17) is 21.1 Å². The molecule has 0 aromatic carbocycles. The van der Waals surface area contributed by atoms with E-state index in [0.717, 1.165) is 4.68 Å². The highest BCUT2D eigenvalue weighted by atomic mass is 35.5. The third kappa shape index (κ3) is 3.00. The van der Waals surface area contributed by atoms with Crippen LogP contribution in [0.2, 0.25) is 5.02 Å². The average Bonchev–Trinajstić information content (AvgIpc) is 2.85. The van der Waals surface area contributed by atoms with Crippen LogP contribution in [-0.4, -0.2) is 26.5 Å². The maximum Gasteiger partial charge on any atom is 0.287 e. The molecule has 0 aliphatic rings. The largest absolute Gasteiger partial charge is 0.444 e. The summed E-state index contributed by atoms with van der Waals surface area (Å²) in [4.78, 5) is 16.0. The molecule has 1 atom stereocenters. The van der Waals surface area contributed by atoms with Crippen LogP contribution < -0.4 is 10.9 Å². The number of rotatable bonds is 5. The third-order valence-electron chi connectivity index (χ3n) is 2.68. The SMILES string of the molecule is Cc1cnc(C(C)Nc2cnn(CCO)c(=O)c2Cl)o1. The number of aliphatic hydroxyl groups is 1. The maximum absolute atomic E-state index is 11.9. The van der Waals surface area contributed by atoms with Crippen molar-refractivity contribution < 1.29 is 9.52 Å². The minimum atomic E-state index is -0.457. The molecule has 2 rings (SSSR count). The fourth-order valence-corrected chi connectivity index (χ4v) is 1.89. The van der Waals surface area contributed by atoms with Gasteiger partial charge >= 0.3 is 0 Å². The van der Waals surface area contributed by atoms with E-state index < -0.39 is 5.56 Å². The quantitative estimate of drug-likeness (QED) is 0.865. The van der Waals surface area contributed by atoms with Crippen molar-refractivity contribution in [3.8, 4) is 0 Å².